The quantitative estimate of drug-likeness (QED) is 0.497. The molecule has 1 aliphatic carbocycles. The summed E-state index contributed by atoms with van der Waals surface area (Å²) in [6.45, 7) is -0.0950. The predicted octanol–water partition coefficient (Wildman–Crippen LogP) is 2.53. The zero-order valence-corrected chi connectivity index (χ0v) is 12.1. The fourth-order valence-corrected chi connectivity index (χ4v) is 2.08. The molecule has 0 saturated carbocycles. The largest absolute Gasteiger partial charge is 0.493 e. The molecular weight excluding hydrogens is 268 g/mol. The van der Waals surface area contributed by atoms with E-state index in [0.717, 1.165) is 19.3 Å². The normalized spacial score (nSPS) is 17.7. The van der Waals surface area contributed by atoms with Crippen LogP contribution in [0.25, 0.3) is 0 Å². The highest BCUT2D eigenvalue weighted by Gasteiger charge is 2.08. The fourth-order valence-electron chi connectivity index (χ4n) is 2.08. The van der Waals surface area contributed by atoms with E-state index in [9.17, 15) is 4.79 Å². The zero-order valence-electron chi connectivity index (χ0n) is 12.1. The van der Waals surface area contributed by atoms with Crippen LogP contribution >= 0.6 is 0 Å². The lowest BCUT2D eigenvalue weighted by Crippen LogP contribution is -2.25. The maximum absolute atomic E-state index is 11.7. The molecule has 1 aliphatic rings. The van der Waals surface area contributed by atoms with Gasteiger partial charge in [-0.25, -0.2) is 5.43 Å². The van der Waals surface area contributed by atoms with Crippen LogP contribution in [0.15, 0.2) is 41.5 Å². The van der Waals surface area contributed by atoms with Gasteiger partial charge in [-0.3, -0.25) is 4.79 Å². The molecule has 5 heteroatoms. The highest BCUT2D eigenvalue weighted by Crippen LogP contribution is 2.25. The summed E-state index contributed by atoms with van der Waals surface area (Å²) in [6.07, 6.45) is 9.24. The van der Waals surface area contributed by atoms with Gasteiger partial charge in [-0.15, -0.1) is 0 Å². The van der Waals surface area contributed by atoms with Crippen LogP contribution in [0.2, 0.25) is 0 Å². The molecule has 0 aromatic heterocycles. The van der Waals surface area contributed by atoms with Crippen LogP contribution in [-0.2, 0) is 4.79 Å². The summed E-state index contributed by atoms with van der Waals surface area (Å²) in [6, 6.07) is 7.20. The van der Waals surface area contributed by atoms with Gasteiger partial charge in [0, 0.05) is 6.21 Å². The number of allylic oxidation sites excluding steroid dienone is 2. The predicted molar refractivity (Wildman–Crippen MR) is 81.6 cm³/mol. The van der Waals surface area contributed by atoms with Crippen molar-refractivity contribution in [2.75, 3.05) is 13.7 Å². The number of hydrogen-bond donors (Lipinski definition) is 1. The number of amides is 1. The maximum atomic E-state index is 11.7. The van der Waals surface area contributed by atoms with Crippen molar-refractivity contribution in [2.24, 2.45) is 11.0 Å². The second-order valence-electron chi connectivity index (χ2n) is 4.80. The monoisotopic (exact) mass is 288 g/mol. The van der Waals surface area contributed by atoms with Gasteiger partial charge < -0.3 is 9.47 Å². The third-order valence-corrected chi connectivity index (χ3v) is 3.21. The molecule has 0 heterocycles. The van der Waals surface area contributed by atoms with E-state index in [-0.39, 0.29) is 12.5 Å². The van der Waals surface area contributed by atoms with Crippen LogP contribution in [-0.4, -0.2) is 25.8 Å². The first-order valence-corrected chi connectivity index (χ1v) is 7.02. The van der Waals surface area contributed by atoms with E-state index in [4.69, 9.17) is 9.47 Å². The Morgan fingerprint density at radius 3 is 2.90 bits per heavy atom. The van der Waals surface area contributed by atoms with E-state index in [0.29, 0.717) is 17.4 Å². The van der Waals surface area contributed by atoms with Crippen molar-refractivity contribution in [3.05, 3.63) is 36.4 Å². The number of benzene rings is 1. The van der Waals surface area contributed by atoms with Crippen molar-refractivity contribution in [1.82, 2.24) is 5.43 Å². The molecule has 1 amide bonds. The Labute approximate surface area is 124 Å². The van der Waals surface area contributed by atoms with Crippen molar-refractivity contribution >= 4 is 12.1 Å². The Kier molecular flexibility index (Phi) is 5.82. The van der Waals surface area contributed by atoms with Crippen LogP contribution in [0.4, 0.5) is 0 Å². The number of methoxy groups -OCH3 is 1. The summed E-state index contributed by atoms with van der Waals surface area (Å²) < 4.78 is 10.6. The molecule has 1 aromatic carbocycles. The van der Waals surface area contributed by atoms with E-state index >= 15 is 0 Å². The minimum absolute atomic E-state index is 0.0950. The fraction of sp³-hybridized carbons (Fsp3) is 0.375. The molecule has 1 atom stereocenters. The van der Waals surface area contributed by atoms with Crippen molar-refractivity contribution in [3.8, 4) is 11.5 Å². The highest BCUT2D eigenvalue weighted by atomic mass is 16.5. The van der Waals surface area contributed by atoms with E-state index in [1.54, 1.807) is 25.5 Å². The van der Waals surface area contributed by atoms with E-state index in [1.807, 2.05) is 12.1 Å². The minimum Gasteiger partial charge on any atom is -0.493 e. The second kappa shape index (κ2) is 8.09. The standard InChI is InChI=1S/C16H20N2O3/c1-20-14-9-5-6-10-15(14)21-12-16(19)18-17-11-13-7-3-2-4-8-13/h2-3,5-6,9-11,13H,4,7-8,12H2,1H3,(H,18,19)/b17-11-/t13-/m0/s1. The molecule has 0 unspecified atom stereocenters. The van der Waals surface area contributed by atoms with Gasteiger partial charge in [0.15, 0.2) is 18.1 Å². The lowest BCUT2D eigenvalue weighted by Gasteiger charge is -2.12. The summed E-state index contributed by atoms with van der Waals surface area (Å²) in [5, 5.41) is 3.98. The first-order chi connectivity index (χ1) is 10.3. The molecule has 0 aliphatic heterocycles. The van der Waals surface area contributed by atoms with Crippen molar-refractivity contribution in [3.63, 3.8) is 0 Å². The second-order valence-corrected chi connectivity index (χ2v) is 4.80. The van der Waals surface area contributed by atoms with Crippen LogP contribution in [0.5, 0.6) is 11.5 Å². The highest BCUT2D eigenvalue weighted by molar-refractivity contribution is 5.78. The Hall–Kier alpha value is -2.30. The summed E-state index contributed by atoms with van der Waals surface area (Å²) in [4.78, 5) is 11.7. The molecule has 2 rings (SSSR count). The molecule has 21 heavy (non-hydrogen) atoms. The third-order valence-electron chi connectivity index (χ3n) is 3.21. The number of rotatable bonds is 6. The first-order valence-electron chi connectivity index (χ1n) is 7.02. The molecule has 1 N–H and O–H groups in total. The number of para-hydroxylation sites is 2. The number of nitrogens with one attached hydrogen (secondary N) is 1. The maximum Gasteiger partial charge on any atom is 0.277 e. The Balaban J connectivity index is 1.74. The van der Waals surface area contributed by atoms with Gasteiger partial charge in [-0.05, 0) is 37.3 Å². The third kappa shape index (κ3) is 4.95. The van der Waals surface area contributed by atoms with Gasteiger partial charge in [0.1, 0.15) is 0 Å². The topological polar surface area (TPSA) is 59.9 Å². The summed E-state index contributed by atoms with van der Waals surface area (Å²) in [5.74, 6) is 1.26. The molecule has 5 nitrogen and oxygen atoms in total. The SMILES string of the molecule is COc1ccccc1OCC(=O)N/N=C\[C@H]1CC=CCC1. The van der Waals surface area contributed by atoms with Gasteiger partial charge >= 0.3 is 0 Å². The average molecular weight is 288 g/mol. The average Bonchev–Trinajstić information content (AvgIpc) is 2.54. The van der Waals surface area contributed by atoms with Crippen molar-refractivity contribution < 1.29 is 14.3 Å². The molecule has 0 fully saturated rings. The van der Waals surface area contributed by atoms with Gasteiger partial charge in [0.2, 0.25) is 0 Å². The zero-order chi connectivity index (χ0) is 14.9. The minimum atomic E-state index is -0.288. The Bertz CT molecular complexity index is 526. The van der Waals surface area contributed by atoms with Crippen molar-refractivity contribution in [1.29, 1.82) is 0 Å². The van der Waals surface area contributed by atoms with Gasteiger partial charge in [0.25, 0.3) is 5.91 Å². The van der Waals surface area contributed by atoms with Crippen LogP contribution in [0.3, 0.4) is 0 Å². The van der Waals surface area contributed by atoms with Gasteiger partial charge in [-0.1, -0.05) is 24.3 Å². The Morgan fingerprint density at radius 2 is 2.19 bits per heavy atom. The van der Waals surface area contributed by atoms with E-state index in [2.05, 4.69) is 22.7 Å². The van der Waals surface area contributed by atoms with Crippen molar-refractivity contribution in [2.45, 2.75) is 19.3 Å². The molecule has 112 valence electrons. The molecule has 0 saturated heterocycles. The molecule has 0 bridgehead atoms. The van der Waals surface area contributed by atoms with Gasteiger partial charge in [0.05, 0.1) is 7.11 Å². The molecule has 1 aromatic rings. The number of ether oxygens (including phenoxy) is 2. The van der Waals surface area contributed by atoms with E-state index in [1.165, 1.54) is 0 Å². The summed E-state index contributed by atoms with van der Waals surface area (Å²) in [7, 11) is 1.56. The Morgan fingerprint density at radius 1 is 1.38 bits per heavy atom. The van der Waals surface area contributed by atoms with Crippen LogP contribution in [0.1, 0.15) is 19.3 Å². The van der Waals surface area contributed by atoms with Gasteiger partial charge in [-0.2, -0.15) is 5.10 Å². The molecule has 0 spiro atoms. The summed E-state index contributed by atoms with van der Waals surface area (Å²) >= 11 is 0. The lowest BCUT2D eigenvalue weighted by atomic mass is 9.96. The number of hydrazone groups is 1. The molecular formula is C16H20N2O3. The van der Waals surface area contributed by atoms with Crippen LogP contribution < -0.4 is 14.9 Å². The smallest absolute Gasteiger partial charge is 0.277 e. The first kappa shape index (κ1) is 15.1. The summed E-state index contributed by atoms with van der Waals surface area (Å²) in [5.41, 5.74) is 2.48. The molecule has 0 radical (unpaired) electrons. The number of hydrogen-bond acceptors (Lipinski definition) is 4. The number of carbonyl (C=O) groups excluding carboxylic acids is 1. The number of nitrogens with zero attached hydrogens (tertiary/aromatic N) is 1. The van der Waals surface area contributed by atoms with Crippen LogP contribution in [0, 0.1) is 5.92 Å². The lowest BCUT2D eigenvalue weighted by molar-refractivity contribution is -0.123. The number of carbonyl (C=O) groups is 1. The van der Waals surface area contributed by atoms with E-state index < -0.39 is 0 Å².